The highest BCUT2D eigenvalue weighted by molar-refractivity contribution is 7.92. The molecule has 0 saturated heterocycles. The van der Waals surface area contributed by atoms with Crippen LogP contribution in [-0.2, 0) is 10.0 Å². The number of nitrogens with one attached hydrogen (secondary N) is 1. The predicted octanol–water partition coefficient (Wildman–Crippen LogP) is 2.75. The Hall–Kier alpha value is -2.29. The molecule has 0 saturated carbocycles. The van der Waals surface area contributed by atoms with Crippen LogP contribution in [0.5, 0.6) is 5.75 Å². The third kappa shape index (κ3) is 3.07. The SMILES string of the molecule is O=S(=O)(Nc1ccc(O)cc1F)c1c(F)cc(F)cc1F. The lowest BCUT2D eigenvalue weighted by Gasteiger charge is -2.10. The van der Waals surface area contributed by atoms with Crippen LogP contribution in [0.25, 0.3) is 0 Å². The Labute approximate surface area is 116 Å². The highest BCUT2D eigenvalue weighted by Crippen LogP contribution is 2.25. The Kier molecular flexibility index (Phi) is 3.77. The van der Waals surface area contributed by atoms with Gasteiger partial charge in [-0.2, -0.15) is 0 Å². The number of anilines is 1. The number of rotatable bonds is 3. The summed E-state index contributed by atoms with van der Waals surface area (Å²) in [5.74, 6) is -6.21. The number of phenolic OH excluding ortho intramolecular Hbond substituents is 1. The summed E-state index contributed by atoms with van der Waals surface area (Å²) >= 11 is 0. The molecule has 0 aliphatic carbocycles. The second kappa shape index (κ2) is 5.24. The Morgan fingerprint density at radius 2 is 1.48 bits per heavy atom. The van der Waals surface area contributed by atoms with Gasteiger partial charge in [0.25, 0.3) is 10.0 Å². The molecule has 0 aliphatic rings. The van der Waals surface area contributed by atoms with Crippen LogP contribution in [0.3, 0.4) is 0 Å². The molecule has 0 bridgehead atoms. The Bertz CT molecular complexity index is 785. The van der Waals surface area contributed by atoms with E-state index in [1.165, 1.54) is 0 Å². The van der Waals surface area contributed by atoms with Crippen LogP contribution < -0.4 is 4.72 Å². The molecule has 0 fully saturated rings. The van der Waals surface area contributed by atoms with E-state index >= 15 is 0 Å². The molecule has 2 N–H and O–H groups in total. The molecule has 0 radical (unpaired) electrons. The monoisotopic (exact) mass is 321 g/mol. The van der Waals surface area contributed by atoms with Crippen LogP contribution in [0.1, 0.15) is 0 Å². The number of halogens is 4. The van der Waals surface area contributed by atoms with Gasteiger partial charge < -0.3 is 5.11 Å². The van der Waals surface area contributed by atoms with Crippen molar-refractivity contribution in [2.24, 2.45) is 0 Å². The minimum atomic E-state index is -4.82. The second-order valence-electron chi connectivity index (χ2n) is 3.97. The van der Waals surface area contributed by atoms with Gasteiger partial charge >= 0.3 is 0 Å². The van der Waals surface area contributed by atoms with Gasteiger partial charge in [-0.25, -0.2) is 26.0 Å². The summed E-state index contributed by atoms with van der Waals surface area (Å²) < 4.78 is 78.4. The number of hydrogen-bond donors (Lipinski definition) is 2. The molecule has 2 aromatic rings. The smallest absolute Gasteiger partial charge is 0.267 e. The van der Waals surface area contributed by atoms with Gasteiger partial charge in [-0.15, -0.1) is 0 Å². The molecule has 21 heavy (non-hydrogen) atoms. The van der Waals surface area contributed by atoms with Gasteiger partial charge in [0, 0.05) is 18.2 Å². The summed E-state index contributed by atoms with van der Waals surface area (Å²) in [6, 6.07) is 2.81. The van der Waals surface area contributed by atoms with E-state index in [1.807, 2.05) is 0 Å². The maximum absolute atomic E-state index is 13.4. The maximum Gasteiger partial charge on any atom is 0.267 e. The maximum atomic E-state index is 13.4. The zero-order chi connectivity index (χ0) is 15.8. The molecule has 0 heterocycles. The molecule has 0 atom stereocenters. The first kappa shape index (κ1) is 15.1. The van der Waals surface area contributed by atoms with Crippen molar-refractivity contribution in [3.05, 3.63) is 53.6 Å². The van der Waals surface area contributed by atoms with Crippen molar-refractivity contribution in [2.45, 2.75) is 4.90 Å². The number of hydrogen-bond acceptors (Lipinski definition) is 3. The average molecular weight is 321 g/mol. The Morgan fingerprint density at radius 3 is 2.00 bits per heavy atom. The zero-order valence-corrected chi connectivity index (χ0v) is 10.9. The molecular formula is C12H7F4NO3S. The third-order valence-corrected chi connectivity index (χ3v) is 3.84. The van der Waals surface area contributed by atoms with E-state index in [2.05, 4.69) is 0 Å². The Balaban J connectivity index is 2.48. The molecule has 0 aliphatic heterocycles. The van der Waals surface area contributed by atoms with Crippen LogP contribution in [0.4, 0.5) is 23.2 Å². The van der Waals surface area contributed by atoms with Crippen LogP contribution in [0.2, 0.25) is 0 Å². The highest BCUT2D eigenvalue weighted by Gasteiger charge is 2.26. The molecule has 2 rings (SSSR count). The molecule has 0 spiro atoms. The minimum Gasteiger partial charge on any atom is -0.508 e. The second-order valence-corrected chi connectivity index (χ2v) is 5.59. The zero-order valence-electron chi connectivity index (χ0n) is 10.1. The van der Waals surface area contributed by atoms with E-state index in [1.54, 1.807) is 4.72 Å². The number of benzene rings is 2. The van der Waals surface area contributed by atoms with Gasteiger partial charge in [0.2, 0.25) is 0 Å². The summed E-state index contributed by atoms with van der Waals surface area (Å²) in [5, 5.41) is 8.99. The lowest BCUT2D eigenvalue weighted by atomic mass is 10.3. The van der Waals surface area contributed by atoms with Crippen molar-refractivity contribution < 1.29 is 31.1 Å². The quantitative estimate of drug-likeness (QED) is 0.675. The first-order valence-electron chi connectivity index (χ1n) is 5.36. The number of sulfonamides is 1. The molecular weight excluding hydrogens is 314 g/mol. The highest BCUT2D eigenvalue weighted by atomic mass is 32.2. The number of phenols is 1. The summed E-state index contributed by atoms with van der Waals surface area (Å²) in [6.45, 7) is 0. The van der Waals surface area contributed by atoms with Crippen molar-refractivity contribution >= 4 is 15.7 Å². The molecule has 0 unspecified atom stereocenters. The van der Waals surface area contributed by atoms with Crippen LogP contribution in [-0.4, -0.2) is 13.5 Å². The van der Waals surface area contributed by atoms with Crippen molar-refractivity contribution in [2.75, 3.05) is 4.72 Å². The van der Waals surface area contributed by atoms with Crippen molar-refractivity contribution in [3.8, 4) is 5.75 Å². The fraction of sp³-hybridized carbons (Fsp3) is 0. The van der Waals surface area contributed by atoms with Crippen LogP contribution >= 0.6 is 0 Å². The largest absolute Gasteiger partial charge is 0.508 e. The normalized spacial score (nSPS) is 11.4. The van der Waals surface area contributed by atoms with Gasteiger partial charge in [-0.1, -0.05) is 0 Å². The summed E-state index contributed by atoms with van der Waals surface area (Å²) in [6.07, 6.45) is 0. The molecule has 2 aromatic carbocycles. The van der Waals surface area contributed by atoms with Crippen molar-refractivity contribution in [1.82, 2.24) is 0 Å². The van der Waals surface area contributed by atoms with Crippen LogP contribution in [0.15, 0.2) is 35.2 Å². The first-order chi connectivity index (χ1) is 9.70. The first-order valence-corrected chi connectivity index (χ1v) is 6.85. The van der Waals surface area contributed by atoms with E-state index in [4.69, 9.17) is 5.11 Å². The van der Waals surface area contributed by atoms with E-state index in [-0.39, 0.29) is 12.1 Å². The number of aromatic hydroxyl groups is 1. The van der Waals surface area contributed by atoms with E-state index in [0.717, 1.165) is 12.1 Å². The van der Waals surface area contributed by atoms with Crippen LogP contribution in [0, 0.1) is 23.3 Å². The lowest BCUT2D eigenvalue weighted by Crippen LogP contribution is -2.17. The molecule has 0 amide bonds. The van der Waals surface area contributed by atoms with E-state index in [9.17, 15) is 26.0 Å². The summed E-state index contributed by atoms with van der Waals surface area (Å²) in [4.78, 5) is -1.43. The Morgan fingerprint density at radius 1 is 0.905 bits per heavy atom. The summed E-state index contributed by atoms with van der Waals surface area (Å²) in [7, 11) is -4.82. The van der Waals surface area contributed by atoms with E-state index in [0.29, 0.717) is 6.07 Å². The molecule has 112 valence electrons. The summed E-state index contributed by atoms with van der Waals surface area (Å²) in [5.41, 5.74) is -0.629. The average Bonchev–Trinajstić information content (AvgIpc) is 2.30. The fourth-order valence-corrected chi connectivity index (χ4v) is 2.76. The molecule has 9 heteroatoms. The van der Waals surface area contributed by atoms with Gasteiger partial charge in [-0.3, -0.25) is 4.72 Å². The van der Waals surface area contributed by atoms with Crippen molar-refractivity contribution in [1.29, 1.82) is 0 Å². The van der Waals surface area contributed by atoms with Gasteiger partial charge in [0.05, 0.1) is 5.69 Å². The minimum absolute atomic E-state index is 0.185. The van der Waals surface area contributed by atoms with Crippen molar-refractivity contribution in [3.63, 3.8) is 0 Å². The fourth-order valence-electron chi connectivity index (χ4n) is 1.57. The lowest BCUT2D eigenvalue weighted by molar-refractivity contribution is 0.469. The standard InChI is InChI=1S/C12H7F4NO3S/c13-6-3-9(15)12(10(16)4-6)21(19,20)17-11-2-1-7(18)5-8(11)14/h1-5,17-18H. The molecule has 0 aromatic heterocycles. The topological polar surface area (TPSA) is 66.4 Å². The van der Waals surface area contributed by atoms with Gasteiger partial charge in [0.1, 0.15) is 23.2 Å². The van der Waals surface area contributed by atoms with E-state index < -0.39 is 49.6 Å². The van der Waals surface area contributed by atoms with Gasteiger partial charge in [-0.05, 0) is 12.1 Å². The predicted molar refractivity (Wildman–Crippen MR) is 65.2 cm³/mol. The van der Waals surface area contributed by atoms with Gasteiger partial charge in [0.15, 0.2) is 10.7 Å². The third-order valence-electron chi connectivity index (χ3n) is 2.43. The molecule has 4 nitrogen and oxygen atoms in total.